The van der Waals surface area contributed by atoms with Crippen LogP contribution in [0.25, 0.3) is 0 Å². The summed E-state index contributed by atoms with van der Waals surface area (Å²) in [5.74, 6) is -1.24. The number of β-amino-alcohol motifs (C(OH)–C–C–N with tert-alkyl or cyclic N) is 1. The van der Waals surface area contributed by atoms with Crippen LogP contribution < -0.4 is 10.6 Å². The molecule has 4 nitrogen and oxygen atoms in total. The van der Waals surface area contributed by atoms with Gasteiger partial charge in [-0.25, -0.2) is 8.78 Å². The fraction of sp³-hybridized carbons (Fsp3) is 0.571. The van der Waals surface area contributed by atoms with Gasteiger partial charge in [0.15, 0.2) is 0 Å². The molecule has 0 amide bonds. The summed E-state index contributed by atoms with van der Waals surface area (Å²) in [4.78, 5) is 3.56. The highest BCUT2D eigenvalue weighted by Gasteiger charge is 2.34. The summed E-state index contributed by atoms with van der Waals surface area (Å²) in [6.07, 6.45) is -0.0525. The van der Waals surface area contributed by atoms with E-state index in [-0.39, 0.29) is 24.8 Å². The average molecular weight is 285 g/mol. The third-order valence-electron chi connectivity index (χ3n) is 3.57. The maximum Gasteiger partial charge on any atom is 0.149 e. The summed E-state index contributed by atoms with van der Waals surface area (Å²) in [5.41, 5.74) is 5.77. The largest absolute Gasteiger partial charge is 0.391 e. The summed E-state index contributed by atoms with van der Waals surface area (Å²) in [6, 6.07) is 2.42. The third-order valence-corrected chi connectivity index (χ3v) is 3.57. The van der Waals surface area contributed by atoms with Gasteiger partial charge in [-0.15, -0.1) is 0 Å². The van der Waals surface area contributed by atoms with E-state index in [0.717, 1.165) is 0 Å². The van der Waals surface area contributed by atoms with Gasteiger partial charge in [0.05, 0.1) is 6.10 Å². The van der Waals surface area contributed by atoms with E-state index in [4.69, 9.17) is 5.73 Å². The van der Waals surface area contributed by atoms with Crippen molar-refractivity contribution in [3.63, 3.8) is 0 Å². The Labute approximate surface area is 117 Å². The molecule has 1 aromatic rings. The van der Waals surface area contributed by atoms with Crippen molar-refractivity contribution in [2.24, 2.45) is 5.73 Å². The van der Waals surface area contributed by atoms with Crippen molar-refractivity contribution in [1.29, 1.82) is 0 Å². The molecular formula is C14H21F2N3O. The van der Waals surface area contributed by atoms with Crippen LogP contribution in [-0.4, -0.2) is 49.3 Å². The molecule has 0 radical (unpaired) electrons. The molecule has 0 bridgehead atoms. The van der Waals surface area contributed by atoms with Crippen LogP contribution in [0.4, 0.5) is 14.5 Å². The van der Waals surface area contributed by atoms with Crippen LogP contribution in [0.1, 0.15) is 12.0 Å². The van der Waals surface area contributed by atoms with Gasteiger partial charge in [0.25, 0.3) is 0 Å². The van der Waals surface area contributed by atoms with E-state index in [0.29, 0.717) is 18.5 Å². The van der Waals surface area contributed by atoms with E-state index in [1.807, 2.05) is 19.0 Å². The smallest absolute Gasteiger partial charge is 0.149 e. The molecule has 1 saturated heterocycles. The second-order valence-corrected chi connectivity index (χ2v) is 5.57. The summed E-state index contributed by atoms with van der Waals surface area (Å²) < 4.78 is 28.3. The molecule has 1 fully saturated rings. The Bertz CT molecular complexity index is 458. The van der Waals surface area contributed by atoms with Gasteiger partial charge >= 0.3 is 0 Å². The summed E-state index contributed by atoms with van der Waals surface area (Å²) in [7, 11) is 3.79. The fourth-order valence-corrected chi connectivity index (χ4v) is 2.77. The van der Waals surface area contributed by atoms with Gasteiger partial charge in [-0.1, -0.05) is 0 Å². The van der Waals surface area contributed by atoms with E-state index >= 15 is 0 Å². The van der Waals surface area contributed by atoms with Gasteiger partial charge in [-0.2, -0.15) is 0 Å². The molecule has 112 valence electrons. The molecule has 0 saturated carbocycles. The second kappa shape index (κ2) is 6.03. The predicted octanol–water partition coefficient (Wildman–Crippen LogP) is 0.925. The van der Waals surface area contributed by atoms with Crippen LogP contribution in [0.5, 0.6) is 0 Å². The van der Waals surface area contributed by atoms with Gasteiger partial charge < -0.3 is 20.6 Å². The van der Waals surface area contributed by atoms with Crippen LogP contribution >= 0.6 is 0 Å². The highest BCUT2D eigenvalue weighted by atomic mass is 19.1. The molecule has 0 aliphatic carbocycles. The van der Waals surface area contributed by atoms with Crippen LogP contribution in [0, 0.1) is 11.6 Å². The zero-order valence-electron chi connectivity index (χ0n) is 11.8. The van der Waals surface area contributed by atoms with Crippen molar-refractivity contribution in [3.8, 4) is 0 Å². The number of rotatable bonds is 4. The van der Waals surface area contributed by atoms with Gasteiger partial charge in [0.2, 0.25) is 0 Å². The Morgan fingerprint density at radius 1 is 1.35 bits per heavy atom. The first-order valence-electron chi connectivity index (χ1n) is 6.69. The first kappa shape index (κ1) is 15.2. The molecule has 6 heteroatoms. The number of hydrogen-bond donors (Lipinski definition) is 2. The van der Waals surface area contributed by atoms with Crippen LogP contribution in [0.15, 0.2) is 12.1 Å². The number of halogens is 2. The Balaban J connectivity index is 2.34. The number of likely N-dealkylation sites (N-methyl/N-ethyl adjacent to an activating group) is 1. The zero-order chi connectivity index (χ0) is 14.9. The van der Waals surface area contributed by atoms with E-state index in [1.165, 1.54) is 12.1 Å². The molecule has 1 aliphatic rings. The Kier molecular flexibility index (Phi) is 4.57. The van der Waals surface area contributed by atoms with Gasteiger partial charge in [0, 0.05) is 25.7 Å². The maximum atomic E-state index is 14.2. The number of benzene rings is 1. The molecule has 1 heterocycles. The van der Waals surface area contributed by atoms with Crippen molar-refractivity contribution in [2.45, 2.75) is 25.1 Å². The first-order valence-corrected chi connectivity index (χ1v) is 6.69. The number of hydrogen-bond acceptors (Lipinski definition) is 4. The lowest BCUT2D eigenvalue weighted by Crippen LogP contribution is -2.38. The first-order chi connectivity index (χ1) is 9.42. The standard InChI is InChI=1S/C14H21F2N3O/c1-18(2)7-10-5-11(20)8-19(10)14-12(15)3-9(6-17)4-13(14)16/h3-4,10-11,20H,5-8,17H2,1-2H3. The van der Waals surface area contributed by atoms with Gasteiger partial charge in [-0.05, 0) is 38.2 Å². The normalized spacial score (nSPS) is 22.9. The lowest BCUT2D eigenvalue weighted by molar-refractivity contribution is 0.191. The molecular weight excluding hydrogens is 264 g/mol. The molecule has 1 aromatic carbocycles. The van der Waals surface area contributed by atoms with E-state index in [2.05, 4.69) is 0 Å². The van der Waals surface area contributed by atoms with Crippen LogP contribution in [0.3, 0.4) is 0 Å². The van der Waals surface area contributed by atoms with E-state index in [1.54, 1.807) is 4.90 Å². The molecule has 20 heavy (non-hydrogen) atoms. The lowest BCUT2D eigenvalue weighted by Gasteiger charge is -2.29. The summed E-state index contributed by atoms with van der Waals surface area (Å²) >= 11 is 0. The fourth-order valence-electron chi connectivity index (χ4n) is 2.77. The monoisotopic (exact) mass is 285 g/mol. The van der Waals surface area contributed by atoms with Gasteiger partial charge in [-0.3, -0.25) is 0 Å². The van der Waals surface area contributed by atoms with E-state index in [9.17, 15) is 13.9 Å². The minimum atomic E-state index is -0.622. The highest BCUT2D eigenvalue weighted by molar-refractivity contribution is 5.53. The molecule has 2 unspecified atom stereocenters. The number of aliphatic hydroxyl groups is 1. The average Bonchev–Trinajstić information content (AvgIpc) is 2.68. The molecule has 0 spiro atoms. The number of nitrogens with zero attached hydrogens (tertiary/aromatic N) is 2. The number of aliphatic hydroxyl groups excluding tert-OH is 1. The molecule has 1 aliphatic heterocycles. The molecule has 0 aromatic heterocycles. The van der Waals surface area contributed by atoms with Crippen molar-refractivity contribution in [3.05, 3.63) is 29.3 Å². The van der Waals surface area contributed by atoms with E-state index < -0.39 is 17.7 Å². The Hall–Kier alpha value is -1.24. The summed E-state index contributed by atoms with van der Waals surface area (Å²) in [6.45, 7) is 0.973. The number of anilines is 1. The van der Waals surface area contributed by atoms with Gasteiger partial charge in [0.1, 0.15) is 17.3 Å². The van der Waals surface area contributed by atoms with Crippen molar-refractivity contribution in [2.75, 3.05) is 32.1 Å². The Morgan fingerprint density at radius 3 is 2.45 bits per heavy atom. The zero-order valence-corrected chi connectivity index (χ0v) is 11.8. The van der Waals surface area contributed by atoms with Crippen LogP contribution in [0.2, 0.25) is 0 Å². The molecule has 2 rings (SSSR count). The lowest BCUT2D eigenvalue weighted by atomic mass is 10.1. The second-order valence-electron chi connectivity index (χ2n) is 5.57. The topological polar surface area (TPSA) is 52.7 Å². The highest BCUT2D eigenvalue weighted by Crippen LogP contribution is 2.31. The van der Waals surface area contributed by atoms with Crippen molar-refractivity contribution in [1.82, 2.24) is 4.90 Å². The minimum Gasteiger partial charge on any atom is -0.391 e. The molecule has 2 atom stereocenters. The number of nitrogens with two attached hydrogens (primary N) is 1. The van der Waals surface area contributed by atoms with Crippen LogP contribution in [-0.2, 0) is 6.54 Å². The Morgan fingerprint density at radius 2 is 1.95 bits per heavy atom. The summed E-state index contributed by atoms with van der Waals surface area (Å²) in [5, 5.41) is 9.80. The van der Waals surface area contributed by atoms with Crippen molar-refractivity contribution >= 4 is 5.69 Å². The molecule has 3 N–H and O–H groups in total. The maximum absolute atomic E-state index is 14.2. The quantitative estimate of drug-likeness (QED) is 0.864. The predicted molar refractivity (Wildman–Crippen MR) is 74.6 cm³/mol. The van der Waals surface area contributed by atoms with Crippen molar-refractivity contribution < 1.29 is 13.9 Å². The minimum absolute atomic E-state index is 0.0643. The third kappa shape index (κ3) is 3.08. The SMILES string of the molecule is CN(C)CC1CC(O)CN1c1c(F)cc(CN)cc1F.